The van der Waals surface area contributed by atoms with Gasteiger partial charge < -0.3 is 20.1 Å². The monoisotopic (exact) mass is 203 g/mol. The van der Waals surface area contributed by atoms with E-state index < -0.39 is 18.3 Å². The molecule has 0 bridgehead atoms. The van der Waals surface area contributed by atoms with Gasteiger partial charge in [-0.2, -0.15) is 0 Å². The number of amides is 1. The number of carbonyl (C=O) groups excluding carboxylic acids is 1. The standard InChI is InChI=1S/C8H18BNO4/c1-7(2,12)8(3,4)14-9(13)5-10-6-11/h6,12-13H,5H2,1-4H3,(H,10,11). The van der Waals surface area contributed by atoms with Crippen LogP contribution in [0.4, 0.5) is 0 Å². The molecule has 6 heteroatoms. The summed E-state index contributed by atoms with van der Waals surface area (Å²) in [7, 11) is -1.12. The van der Waals surface area contributed by atoms with Crippen molar-refractivity contribution in [3.63, 3.8) is 0 Å². The molecule has 3 N–H and O–H groups in total. The average Bonchev–Trinajstić information content (AvgIpc) is 1.97. The molecule has 0 aliphatic rings. The summed E-state index contributed by atoms with van der Waals surface area (Å²) in [4.78, 5) is 9.94. The van der Waals surface area contributed by atoms with Gasteiger partial charge >= 0.3 is 7.12 Å². The second kappa shape index (κ2) is 4.77. The van der Waals surface area contributed by atoms with Crippen LogP contribution in [0.15, 0.2) is 0 Å². The van der Waals surface area contributed by atoms with Gasteiger partial charge in [0.25, 0.3) is 0 Å². The largest absolute Gasteiger partial charge is 0.475 e. The summed E-state index contributed by atoms with van der Waals surface area (Å²) < 4.78 is 5.19. The third-order valence-electron chi connectivity index (χ3n) is 2.28. The van der Waals surface area contributed by atoms with Crippen LogP contribution < -0.4 is 5.32 Å². The molecule has 0 aliphatic heterocycles. The molecule has 0 heterocycles. The molecule has 0 rings (SSSR count). The van der Waals surface area contributed by atoms with Gasteiger partial charge in [0.2, 0.25) is 6.41 Å². The highest BCUT2D eigenvalue weighted by Gasteiger charge is 2.38. The fourth-order valence-electron chi connectivity index (χ4n) is 0.675. The maximum absolute atomic E-state index is 9.94. The molecular formula is C8H18BNO4. The Balaban J connectivity index is 4.15. The zero-order valence-electron chi connectivity index (χ0n) is 9.07. The Morgan fingerprint density at radius 1 is 1.43 bits per heavy atom. The van der Waals surface area contributed by atoms with Gasteiger partial charge in [-0.1, -0.05) is 0 Å². The topological polar surface area (TPSA) is 78.8 Å². The molecule has 0 saturated heterocycles. The minimum atomic E-state index is -1.12. The Kier molecular flexibility index (Phi) is 4.57. The van der Waals surface area contributed by atoms with E-state index in [1.807, 2.05) is 0 Å². The van der Waals surface area contributed by atoms with Crippen molar-refractivity contribution >= 4 is 13.5 Å². The normalized spacial score (nSPS) is 12.4. The lowest BCUT2D eigenvalue weighted by atomic mass is 9.83. The third kappa shape index (κ3) is 4.08. The lowest BCUT2D eigenvalue weighted by Gasteiger charge is -2.38. The maximum atomic E-state index is 9.94. The molecule has 0 aromatic carbocycles. The first-order valence-electron chi connectivity index (χ1n) is 4.46. The van der Waals surface area contributed by atoms with E-state index >= 15 is 0 Å². The van der Waals surface area contributed by atoms with E-state index in [0.717, 1.165) is 0 Å². The Morgan fingerprint density at radius 3 is 2.29 bits per heavy atom. The molecular weight excluding hydrogens is 185 g/mol. The van der Waals surface area contributed by atoms with Crippen molar-refractivity contribution in [1.29, 1.82) is 0 Å². The Bertz CT molecular complexity index is 190. The molecule has 1 amide bonds. The third-order valence-corrected chi connectivity index (χ3v) is 2.28. The highest BCUT2D eigenvalue weighted by atomic mass is 16.5. The van der Waals surface area contributed by atoms with E-state index in [9.17, 15) is 14.9 Å². The zero-order chi connectivity index (χ0) is 11.4. The van der Waals surface area contributed by atoms with Crippen LogP contribution in [0.2, 0.25) is 0 Å². The van der Waals surface area contributed by atoms with Gasteiger partial charge in [0.1, 0.15) is 0 Å². The van der Waals surface area contributed by atoms with Crippen molar-refractivity contribution in [2.75, 3.05) is 6.44 Å². The van der Waals surface area contributed by atoms with Crippen LogP contribution >= 0.6 is 0 Å². The van der Waals surface area contributed by atoms with Crippen molar-refractivity contribution in [2.45, 2.75) is 38.9 Å². The van der Waals surface area contributed by atoms with Gasteiger partial charge in [0.05, 0.1) is 17.6 Å². The number of carbonyl (C=O) groups is 1. The van der Waals surface area contributed by atoms with Gasteiger partial charge in [-0.25, -0.2) is 0 Å². The molecule has 0 radical (unpaired) electrons. The summed E-state index contributed by atoms with van der Waals surface area (Å²) in [5.41, 5.74) is -1.97. The quantitative estimate of drug-likeness (QED) is 0.394. The molecule has 82 valence electrons. The molecule has 0 saturated carbocycles. The van der Waals surface area contributed by atoms with Crippen LogP contribution in [0.3, 0.4) is 0 Å². The first-order valence-corrected chi connectivity index (χ1v) is 4.46. The van der Waals surface area contributed by atoms with Crippen molar-refractivity contribution in [3.05, 3.63) is 0 Å². The van der Waals surface area contributed by atoms with Crippen molar-refractivity contribution in [1.82, 2.24) is 5.32 Å². The first-order chi connectivity index (χ1) is 6.20. The van der Waals surface area contributed by atoms with E-state index in [1.165, 1.54) is 0 Å². The van der Waals surface area contributed by atoms with Crippen LogP contribution in [0.1, 0.15) is 27.7 Å². The van der Waals surface area contributed by atoms with Gasteiger partial charge in [-0.15, -0.1) is 0 Å². The zero-order valence-corrected chi connectivity index (χ0v) is 9.07. The Labute approximate surface area is 84.6 Å². The van der Waals surface area contributed by atoms with E-state index in [1.54, 1.807) is 27.7 Å². The molecule has 0 aliphatic carbocycles. The average molecular weight is 203 g/mol. The number of rotatable bonds is 6. The minimum Gasteiger partial charge on any atom is -0.426 e. The Morgan fingerprint density at radius 2 is 1.93 bits per heavy atom. The molecule has 0 aromatic heterocycles. The van der Waals surface area contributed by atoms with Gasteiger partial charge in [0.15, 0.2) is 0 Å². The van der Waals surface area contributed by atoms with Gasteiger partial charge in [0, 0.05) is 0 Å². The van der Waals surface area contributed by atoms with Crippen LogP contribution in [0.5, 0.6) is 0 Å². The molecule has 0 fully saturated rings. The minimum absolute atomic E-state index is 0.00299. The van der Waals surface area contributed by atoms with Crippen molar-refractivity contribution in [3.8, 4) is 0 Å². The van der Waals surface area contributed by atoms with E-state index in [2.05, 4.69) is 5.32 Å². The summed E-state index contributed by atoms with van der Waals surface area (Å²) in [6.45, 7) is 6.51. The lowest BCUT2D eigenvalue weighted by molar-refractivity contribution is -0.110. The number of hydrogen-bond acceptors (Lipinski definition) is 4. The fourth-order valence-corrected chi connectivity index (χ4v) is 0.675. The molecule has 5 nitrogen and oxygen atoms in total. The highest BCUT2D eigenvalue weighted by molar-refractivity contribution is 6.43. The van der Waals surface area contributed by atoms with Gasteiger partial charge in [-0.3, -0.25) is 4.79 Å². The maximum Gasteiger partial charge on any atom is 0.475 e. The van der Waals surface area contributed by atoms with E-state index in [0.29, 0.717) is 6.41 Å². The number of nitrogens with one attached hydrogen (secondary N) is 1. The van der Waals surface area contributed by atoms with E-state index in [-0.39, 0.29) is 6.44 Å². The summed E-state index contributed by atoms with van der Waals surface area (Å²) in [5, 5.41) is 21.3. The predicted molar refractivity (Wildman–Crippen MR) is 53.5 cm³/mol. The number of aliphatic hydroxyl groups is 1. The summed E-state index contributed by atoms with van der Waals surface area (Å²) in [6.07, 6.45) is 0.479. The first kappa shape index (κ1) is 13.4. The predicted octanol–water partition coefficient (Wildman–Crippen LogP) is -0.682. The summed E-state index contributed by atoms with van der Waals surface area (Å²) in [5.74, 6) is 0. The lowest BCUT2D eigenvalue weighted by Crippen LogP contribution is -2.52. The SMILES string of the molecule is CC(C)(O)C(C)(C)OB(O)CNC=O. The molecule has 0 atom stereocenters. The Hall–Kier alpha value is -0.585. The van der Waals surface area contributed by atoms with Crippen molar-refractivity contribution < 1.29 is 19.6 Å². The highest BCUT2D eigenvalue weighted by Crippen LogP contribution is 2.25. The van der Waals surface area contributed by atoms with Crippen molar-refractivity contribution in [2.24, 2.45) is 0 Å². The van der Waals surface area contributed by atoms with Crippen LogP contribution in [-0.2, 0) is 9.45 Å². The molecule has 0 spiro atoms. The second-order valence-corrected chi connectivity index (χ2v) is 4.17. The number of hydrogen-bond donors (Lipinski definition) is 3. The van der Waals surface area contributed by atoms with Crippen LogP contribution in [0.25, 0.3) is 0 Å². The van der Waals surface area contributed by atoms with Crippen LogP contribution in [-0.4, -0.2) is 41.3 Å². The smallest absolute Gasteiger partial charge is 0.426 e. The van der Waals surface area contributed by atoms with Crippen LogP contribution in [0, 0.1) is 0 Å². The molecule has 14 heavy (non-hydrogen) atoms. The molecule has 0 unspecified atom stereocenters. The fraction of sp³-hybridized carbons (Fsp3) is 0.875. The molecule has 0 aromatic rings. The summed E-state index contributed by atoms with van der Waals surface area (Å²) >= 11 is 0. The van der Waals surface area contributed by atoms with E-state index in [4.69, 9.17) is 4.65 Å². The summed E-state index contributed by atoms with van der Waals surface area (Å²) in [6, 6.07) is 0. The second-order valence-electron chi connectivity index (χ2n) is 4.17. The van der Waals surface area contributed by atoms with Gasteiger partial charge in [-0.05, 0) is 27.7 Å².